The molecule has 0 saturated heterocycles. The van der Waals surface area contributed by atoms with Gasteiger partial charge in [0.25, 0.3) is 0 Å². The molecule has 0 aliphatic heterocycles. The zero-order chi connectivity index (χ0) is 9.42. The van der Waals surface area contributed by atoms with E-state index >= 15 is 0 Å². The maximum absolute atomic E-state index is 10.6. The number of aromatic carboxylic acids is 1. The van der Waals surface area contributed by atoms with Gasteiger partial charge in [-0.2, -0.15) is 0 Å². The van der Waals surface area contributed by atoms with Gasteiger partial charge in [-0.25, -0.2) is 4.79 Å². The molecule has 0 saturated carbocycles. The summed E-state index contributed by atoms with van der Waals surface area (Å²) in [7, 11) is 0. The predicted octanol–water partition coefficient (Wildman–Crippen LogP) is 1.57. The van der Waals surface area contributed by atoms with E-state index in [0.717, 1.165) is 5.39 Å². The third-order valence-electron chi connectivity index (χ3n) is 1.93. The average molecular weight is 177 g/mol. The first-order valence-electron chi connectivity index (χ1n) is 3.72. The Morgan fingerprint density at radius 2 is 2.08 bits per heavy atom. The second-order valence-corrected chi connectivity index (χ2v) is 2.71. The first kappa shape index (κ1) is 7.67. The minimum atomic E-state index is -1.13. The summed E-state index contributed by atoms with van der Waals surface area (Å²) in [4.78, 5) is 13.4. The van der Waals surface area contributed by atoms with Crippen molar-refractivity contribution in [3.63, 3.8) is 0 Å². The van der Waals surface area contributed by atoms with Crippen LogP contribution in [0.4, 0.5) is 0 Å². The fraction of sp³-hybridized carbons (Fsp3) is 0. The van der Waals surface area contributed by atoms with Crippen molar-refractivity contribution in [2.24, 2.45) is 0 Å². The molecule has 1 aromatic carbocycles. The van der Waals surface area contributed by atoms with Gasteiger partial charge in [0, 0.05) is 11.6 Å². The smallest absolute Gasteiger partial charge is 0.339 e. The number of carbonyl (C=O) groups is 1. The molecule has 0 spiro atoms. The van der Waals surface area contributed by atoms with E-state index in [1.807, 2.05) is 0 Å². The maximum Gasteiger partial charge on any atom is 0.339 e. The topological polar surface area (TPSA) is 73.3 Å². The molecule has 0 atom stereocenters. The lowest BCUT2D eigenvalue weighted by atomic mass is 10.1. The molecule has 0 amide bonds. The molecule has 3 N–H and O–H groups in total. The standard InChI is InChI=1S/C9H7NO3/c11-8-6(9(12)13)2-1-5-3-4-10-7(5)8/h1-4,10-11H,(H,12,13). The van der Waals surface area contributed by atoms with Gasteiger partial charge in [-0.05, 0) is 12.1 Å². The molecule has 0 aliphatic rings. The van der Waals surface area contributed by atoms with Crippen LogP contribution < -0.4 is 0 Å². The molecule has 1 heterocycles. The van der Waals surface area contributed by atoms with E-state index in [-0.39, 0.29) is 11.3 Å². The highest BCUT2D eigenvalue weighted by Crippen LogP contribution is 2.27. The molecule has 4 heteroatoms. The van der Waals surface area contributed by atoms with Crippen LogP contribution >= 0.6 is 0 Å². The number of H-pyrrole nitrogens is 1. The first-order valence-corrected chi connectivity index (χ1v) is 3.72. The minimum Gasteiger partial charge on any atom is -0.505 e. The van der Waals surface area contributed by atoms with Crippen molar-refractivity contribution in [3.8, 4) is 5.75 Å². The Hall–Kier alpha value is -1.97. The minimum absolute atomic E-state index is 0.0880. The summed E-state index contributed by atoms with van der Waals surface area (Å²) < 4.78 is 0. The van der Waals surface area contributed by atoms with Gasteiger partial charge in [0.05, 0.1) is 5.52 Å². The molecule has 2 rings (SSSR count). The fourth-order valence-corrected chi connectivity index (χ4v) is 1.28. The summed E-state index contributed by atoms with van der Waals surface area (Å²) in [5, 5.41) is 19.0. The van der Waals surface area contributed by atoms with Crippen LogP contribution in [0, 0.1) is 0 Å². The van der Waals surface area contributed by atoms with E-state index in [1.165, 1.54) is 6.07 Å². The summed E-state index contributed by atoms with van der Waals surface area (Å²) in [6.07, 6.45) is 1.65. The second-order valence-electron chi connectivity index (χ2n) is 2.71. The van der Waals surface area contributed by atoms with Crippen LogP contribution in [0.15, 0.2) is 24.4 Å². The third-order valence-corrected chi connectivity index (χ3v) is 1.93. The fourth-order valence-electron chi connectivity index (χ4n) is 1.28. The summed E-state index contributed by atoms with van der Waals surface area (Å²) in [6.45, 7) is 0. The van der Waals surface area contributed by atoms with E-state index in [1.54, 1.807) is 18.3 Å². The highest BCUT2D eigenvalue weighted by atomic mass is 16.4. The summed E-state index contributed by atoms with van der Waals surface area (Å²) in [5.41, 5.74) is 0.370. The zero-order valence-corrected chi connectivity index (χ0v) is 6.61. The van der Waals surface area contributed by atoms with Crippen molar-refractivity contribution >= 4 is 16.9 Å². The van der Waals surface area contributed by atoms with Crippen LogP contribution in [-0.2, 0) is 0 Å². The summed E-state index contributed by atoms with van der Waals surface area (Å²) in [6, 6.07) is 4.80. The number of fused-ring (bicyclic) bond motifs is 1. The second kappa shape index (κ2) is 2.52. The van der Waals surface area contributed by atoms with E-state index in [2.05, 4.69) is 4.98 Å². The number of hydrogen-bond donors (Lipinski definition) is 3. The van der Waals surface area contributed by atoms with Crippen LogP contribution in [0.5, 0.6) is 5.75 Å². The van der Waals surface area contributed by atoms with Crippen LogP contribution in [0.25, 0.3) is 10.9 Å². The van der Waals surface area contributed by atoms with Gasteiger partial charge in [0.2, 0.25) is 0 Å². The number of aromatic nitrogens is 1. The molecule has 0 bridgehead atoms. The lowest BCUT2D eigenvalue weighted by Crippen LogP contribution is -1.96. The van der Waals surface area contributed by atoms with Crippen LogP contribution in [0.3, 0.4) is 0 Å². The van der Waals surface area contributed by atoms with Crippen molar-refractivity contribution in [2.45, 2.75) is 0 Å². The maximum atomic E-state index is 10.6. The molecule has 0 unspecified atom stereocenters. The molecule has 66 valence electrons. The molecule has 13 heavy (non-hydrogen) atoms. The van der Waals surface area contributed by atoms with Gasteiger partial charge in [-0.3, -0.25) is 0 Å². The average Bonchev–Trinajstić information content (AvgIpc) is 2.52. The van der Waals surface area contributed by atoms with Gasteiger partial charge in [-0.1, -0.05) is 6.07 Å². The van der Waals surface area contributed by atoms with Crippen molar-refractivity contribution in [2.75, 3.05) is 0 Å². The van der Waals surface area contributed by atoms with E-state index < -0.39 is 5.97 Å². The van der Waals surface area contributed by atoms with E-state index in [4.69, 9.17) is 5.11 Å². The quantitative estimate of drug-likeness (QED) is 0.619. The number of carboxylic acid groups (broad SMARTS) is 1. The Kier molecular flexibility index (Phi) is 1.48. The predicted molar refractivity (Wildman–Crippen MR) is 46.9 cm³/mol. The zero-order valence-electron chi connectivity index (χ0n) is 6.61. The summed E-state index contributed by atoms with van der Waals surface area (Å²) in [5.74, 6) is -1.34. The van der Waals surface area contributed by atoms with Crippen molar-refractivity contribution < 1.29 is 15.0 Å². The number of aromatic amines is 1. The SMILES string of the molecule is O=C(O)c1ccc2cc[nH]c2c1O. The van der Waals surface area contributed by atoms with Gasteiger partial charge in [-0.15, -0.1) is 0 Å². The highest BCUT2D eigenvalue weighted by molar-refractivity contribution is 5.98. The number of nitrogens with one attached hydrogen (secondary N) is 1. The van der Waals surface area contributed by atoms with Gasteiger partial charge < -0.3 is 15.2 Å². The van der Waals surface area contributed by atoms with Gasteiger partial charge in [0.1, 0.15) is 5.56 Å². The molecule has 4 nitrogen and oxygen atoms in total. The molecule has 2 aromatic rings. The molecular formula is C9H7NO3. The molecule has 1 aromatic heterocycles. The Labute approximate surface area is 73.4 Å². The lowest BCUT2D eigenvalue weighted by Gasteiger charge is -1.99. The number of aromatic hydroxyl groups is 1. The van der Waals surface area contributed by atoms with Crippen LogP contribution in [-0.4, -0.2) is 21.2 Å². The van der Waals surface area contributed by atoms with Crippen molar-refractivity contribution in [1.29, 1.82) is 0 Å². The Balaban J connectivity index is 2.80. The molecule has 0 fully saturated rings. The van der Waals surface area contributed by atoms with Crippen LogP contribution in [0.1, 0.15) is 10.4 Å². The lowest BCUT2D eigenvalue weighted by molar-refractivity contribution is 0.0694. The highest BCUT2D eigenvalue weighted by Gasteiger charge is 2.12. The molecular weight excluding hydrogens is 170 g/mol. The van der Waals surface area contributed by atoms with Gasteiger partial charge >= 0.3 is 5.97 Å². The Morgan fingerprint density at radius 3 is 2.77 bits per heavy atom. The number of benzene rings is 1. The number of rotatable bonds is 1. The van der Waals surface area contributed by atoms with Crippen LogP contribution in [0.2, 0.25) is 0 Å². The molecule has 0 radical (unpaired) electrons. The van der Waals surface area contributed by atoms with Gasteiger partial charge in [0.15, 0.2) is 5.75 Å². The largest absolute Gasteiger partial charge is 0.505 e. The normalized spacial score (nSPS) is 10.5. The third kappa shape index (κ3) is 1.03. The van der Waals surface area contributed by atoms with E-state index in [9.17, 15) is 9.90 Å². The first-order chi connectivity index (χ1) is 6.20. The summed E-state index contributed by atoms with van der Waals surface area (Å²) >= 11 is 0. The Morgan fingerprint density at radius 1 is 1.31 bits per heavy atom. The molecule has 0 aliphatic carbocycles. The van der Waals surface area contributed by atoms with Crippen molar-refractivity contribution in [3.05, 3.63) is 30.0 Å². The number of hydrogen-bond acceptors (Lipinski definition) is 2. The number of carboxylic acids is 1. The monoisotopic (exact) mass is 177 g/mol. The van der Waals surface area contributed by atoms with Crippen molar-refractivity contribution in [1.82, 2.24) is 4.98 Å². The Bertz CT molecular complexity index is 473. The number of phenols is 1. The van der Waals surface area contributed by atoms with E-state index in [0.29, 0.717) is 5.52 Å².